The molecule has 1 N–H and O–H groups in total. The van der Waals surface area contributed by atoms with Crippen molar-refractivity contribution < 1.29 is 9.18 Å². The van der Waals surface area contributed by atoms with Crippen LogP contribution in [0.5, 0.6) is 0 Å². The van der Waals surface area contributed by atoms with Gasteiger partial charge in [-0.3, -0.25) is 9.78 Å². The largest absolute Gasteiger partial charge is 0.354 e. The highest BCUT2D eigenvalue weighted by Crippen LogP contribution is 2.26. The van der Waals surface area contributed by atoms with Crippen LogP contribution in [0.1, 0.15) is 42.9 Å². The Morgan fingerprint density at radius 1 is 1.06 bits per heavy atom. The van der Waals surface area contributed by atoms with Crippen molar-refractivity contribution in [2.75, 3.05) is 6.54 Å². The Kier molecular flexibility index (Phi) is 6.90. The fraction of sp³-hybridized carbons (Fsp3) is 0.269. The number of amides is 1. The van der Waals surface area contributed by atoms with Crippen molar-refractivity contribution in [3.8, 4) is 0 Å². The van der Waals surface area contributed by atoms with Crippen molar-refractivity contribution >= 4 is 16.9 Å². The van der Waals surface area contributed by atoms with E-state index in [1.807, 2.05) is 53.1 Å². The van der Waals surface area contributed by atoms with Gasteiger partial charge < -0.3 is 9.88 Å². The van der Waals surface area contributed by atoms with Crippen molar-refractivity contribution in [3.63, 3.8) is 0 Å². The summed E-state index contributed by atoms with van der Waals surface area (Å²) in [6, 6.07) is 19.8. The standard InChI is InChI=1S/C26H27FN4O/c1-2-9-24(26(32)29-17-15-20-11-7-8-16-28-20)31-23-14-6-5-13-22(23)30-25(31)18-19-10-3-4-12-21(19)27/h3-8,10-14,16,24H,2,9,15,17-18H2,1H3,(H,29,32)/t24-/m1/s1. The van der Waals surface area contributed by atoms with Gasteiger partial charge in [-0.2, -0.15) is 0 Å². The number of carbonyl (C=O) groups excluding carboxylic acids is 1. The average molecular weight is 431 g/mol. The molecule has 2 aromatic carbocycles. The Labute approximate surface area is 187 Å². The second-order valence-electron chi connectivity index (χ2n) is 7.82. The van der Waals surface area contributed by atoms with E-state index < -0.39 is 6.04 Å². The molecule has 0 fully saturated rings. The Morgan fingerprint density at radius 2 is 1.84 bits per heavy atom. The van der Waals surface area contributed by atoms with Crippen LogP contribution < -0.4 is 5.32 Å². The lowest BCUT2D eigenvalue weighted by atomic mass is 10.1. The number of imidazole rings is 1. The predicted octanol–water partition coefficient (Wildman–Crippen LogP) is 4.86. The fourth-order valence-corrected chi connectivity index (χ4v) is 4.01. The van der Waals surface area contributed by atoms with Crippen LogP contribution in [-0.2, 0) is 17.6 Å². The minimum absolute atomic E-state index is 0.0549. The highest BCUT2D eigenvalue weighted by atomic mass is 19.1. The molecule has 0 spiro atoms. The third-order valence-electron chi connectivity index (χ3n) is 5.56. The maximum Gasteiger partial charge on any atom is 0.243 e. The van der Waals surface area contributed by atoms with Gasteiger partial charge in [-0.15, -0.1) is 0 Å². The zero-order valence-corrected chi connectivity index (χ0v) is 18.2. The first-order chi connectivity index (χ1) is 15.7. The number of halogens is 1. The van der Waals surface area contributed by atoms with Crippen molar-refractivity contribution in [1.29, 1.82) is 0 Å². The molecular formula is C26H27FN4O. The van der Waals surface area contributed by atoms with E-state index in [-0.39, 0.29) is 11.7 Å². The molecule has 0 radical (unpaired) electrons. The topological polar surface area (TPSA) is 59.8 Å². The van der Waals surface area contributed by atoms with E-state index in [9.17, 15) is 9.18 Å². The molecule has 2 aromatic heterocycles. The van der Waals surface area contributed by atoms with E-state index in [1.165, 1.54) is 6.07 Å². The number of carbonyl (C=O) groups is 1. The summed E-state index contributed by atoms with van der Waals surface area (Å²) in [6.07, 6.45) is 4.24. The molecule has 32 heavy (non-hydrogen) atoms. The van der Waals surface area contributed by atoms with Gasteiger partial charge in [0, 0.05) is 31.3 Å². The third kappa shape index (κ3) is 4.85. The fourth-order valence-electron chi connectivity index (χ4n) is 4.01. The number of pyridine rings is 1. The molecule has 4 aromatic rings. The summed E-state index contributed by atoms with van der Waals surface area (Å²) in [5.74, 6) is 0.369. The molecule has 0 saturated heterocycles. The highest BCUT2D eigenvalue weighted by Gasteiger charge is 2.25. The number of rotatable bonds is 9. The number of benzene rings is 2. The molecule has 2 heterocycles. The first kappa shape index (κ1) is 21.7. The third-order valence-corrected chi connectivity index (χ3v) is 5.56. The number of nitrogens with zero attached hydrogens (tertiary/aromatic N) is 3. The Morgan fingerprint density at radius 3 is 2.62 bits per heavy atom. The van der Waals surface area contributed by atoms with E-state index in [2.05, 4.69) is 17.2 Å². The molecule has 1 atom stereocenters. The molecule has 4 rings (SSSR count). The maximum absolute atomic E-state index is 14.4. The first-order valence-corrected chi connectivity index (χ1v) is 11.0. The molecule has 5 nitrogen and oxygen atoms in total. The van der Waals surface area contributed by atoms with Crippen LogP contribution in [0, 0.1) is 5.82 Å². The summed E-state index contributed by atoms with van der Waals surface area (Å²) in [7, 11) is 0. The number of hydrogen-bond acceptors (Lipinski definition) is 3. The Hall–Kier alpha value is -3.54. The van der Waals surface area contributed by atoms with Crippen LogP contribution in [-0.4, -0.2) is 27.0 Å². The number of aromatic nitrogens is 3. The summed E-state index contributed by atoms with van der Waals surface area (Å²) < 4.78 is 16.4. The van der Waals surface area contributed by atoms with Crippen molar-refractivity contribution in [3.05, 3.63) is 95.8 Å². The summed E-state index contributed by atoms with van der Waals surface area (Å²) in [5, 5.41) is 3.07. The SMILES string of the molecule is CCC[C@H](C(=O)NCCc1ccccn1)n1c(Cc2ccccc2F)nc2ccccc21. The zero-order valence-electron chi connectivity index (χ0n) is 18.2. The molecule has 0 saturated carbocycles. The van der Waals surface area contributed by atoms with E-state index in [0.29, 0.717) is 37.2 Å². The summed E-state index contributed by atoms with van der Waals surface area (Å²) in [5.41, 5.74) is 3.20. The van der Waals surface area contributed by atoms with E-state index in [0.717, 1.165) is 23.1 Å². The molecule has 0 bridgehead atoms. The van der Waals surface area contributed by atoms with Crippen LogP contribution >= 0.6 is 0 Å². The first-order valence-electron chi connectivity index (χ1n) is 11.0. The molecule has 164 valence electrons. The van der Waals surface area contributed by atoms with Crippen LogP contribution in [0.3, 0.4) is 0 Å². The van der Waals surface area contributed by atoms with E-state index >= 15 is 0 Å². The molecule has 0 unspecified atom stereocenters. The maximum atomic E-state index is 14.4. The molecule has 1 amide bonds. The number of fused-ring (bicyclic) bond motifs is 1. The Bertz CT molecular complexity index is 1190. The van der Waals surface area contributed by atoms with Crippen LogP contribution in [0.25, 0.3) is 11.0 Å². The zero-order chi connectivity index (χ0) is 22.3. The number of nitrogens with one attached hydrogen (secondary N) is 1. The van der Waals surface area contributed by atoms with E-state index in [4.69, 9.17) is 4.98 Å². The van der Waals surface area contributed by atoms with Gasteiger partial charge >= 0.3 is 0 Å². The highest BCUT2D eigenvalue weighted by molar-refractivity contribution is 5.84. The van der Waals surface area contributed by atoms with Gasteiger partial charge in [0.2, 0.25) is 5.91 Å². The normalized spacial score (nSPS) is 12.1. The monoisotopic (exact) mass is 430 g/mol. The quantitative estimate of drug-likeness (QED) is 0.412. The molecule has 0 aliphatic heterocycles. The lowest BCUT2D eigenvalue weighted by Crippen LogP contribution is -2.34. The molecular weight excluding hydrogens is 403 g/mol. The van der Waals surface area contributed by atoms with Gasteiger partial charge in [-0.25, -0.2) is 9.37 Å². The van der Waals surface area contributed by atoms with Crippen LogP contribution in [0.2, 0.25) is 0 Å². The van der Waals surface area contributed by atoms with E-state index in [1.54, 1.807) is 18.3 Å². The number of para-hydroxylation sites is 2. The van der Waals surface area contributed by atoms with Gasteiger partial charge in [-0.05, 0) is 42.3 Å². The minimum Gasteiger partial charge on any atom is -0.354 e. The second kappa shape index (κ2) is 10.2. The van der Waals surface area contributed by atoms with Crippen molar-refractivity contribution in [2.24, 2.45) is 0 Å². The van der Waals surface area contributed by atoms with Crippen LogP contribution in [0.4, 0.5) is 4.39 Å². The van der Waals surface area contributed by atoms with Gasteiger partial charge in [-0.1, -0.05) is 49.7 Å². The van der Waals surface area contributed by atoms with Gasteiger partial charge in [0.15, 0.2) is 0 Å². The van der Waals surface area contributed by atoms with Gasteiger partial charge in [0.1, 0.15) is 17.7 Å². The molecule has 6 heteroatoms. The Balaban J connectivity index is 1.63. The lowest BCUT2D eigenvalue weighted by molar-refractivity contribution is -0.124. The van der Waals surface area contributed by atoms with Gasteiger partial charge in [0.05, 0.1) is 11.0 Å². The summed E-state index contributed by atoms with van der Waals surface area (Å²) in [4.78, 5) is 22.4. The molecule has 0 aliphatic carbocycles. The van der Waals surface area contributed by atoms with Gasteiger partial charge in [0.25, 0.3) is 0 Å². The predicted molar refractivity (Wildman–Crippen MR) is 124 cm³/mol. The smallest absolute Gasteiger partial charge is 0.243 e. The minimum atomic E-state index is -0.419. The number of hydrogen-bond donors (Lipinski definition) is 1. The van der Waals surface area contributed by atoms with Crippen LogP contribution in [0.15, 0.2) is 72.9 Å². The summed E-state index contributed by atoms with van der Waals surface area (Å²) >= 11 is 0. The van der Waals surface area contributed by atoms with Crippen molar-refractivity contribution in [1.82, 2.24) is 19.9 Å². The lowest BCUT2D eigenvalue weighted by Gasteiger charge is -2.21. The van der Waals surface area contributed by atoms with Crippen molar-refractivity contribution in [2.45, 2.75) is 38.6 Å². The molecule has 0 aliphatic rings. The average Bonchev–Trinajstić information content (AvgIpc) is 3.17. The second-order valence-corrected chi connectivity index (χ2v) is 7.82. The summed E-state index contributed by atoms with van der Waals surface area (Å²) in [6.45, 7) is 2.56.